The van der Waals surface area contributed by atoms with E-state index in [1.165, 1.54) is 0 Å². The number of nitrogens with one attached hydrogen (secondary N) is 1. The number of benzene rings is 1. The van der Waals surface area contributed by atoms with Gasteiger partial charge in [0.05, 0.1) is 13.0 Å². The first-order chi connectivity index (χ1) is 7.65. The van der Waals surface area contributed by atoms with E-state index < -0.39 is 0 Å². The van der Waals surface area contributed by atoms with Crippen molar-refractivity contribution < 1.29 is 9.53 Å². The summed E-state index contributed by atoms with van der Waals surface area (Å²) in [7, 11) is 1.61. The van der Waals surface area contributed by atoms with E-state index >= 15 is 0 Å². The first kappa shape index (κ1) is 12.5. The highest BCUT2D eigenvalue weighted by atomic mass is 16.5. The lowest BCUT2D eigenvalue weighted by molar-refractivity contribution is -0.121. The Labute approximate surface area is 95.8 Å². The fourth-order valence-corrected chi connectivity index (χ4v) is 1.37. The Bertz CT molecular complexity index is 351. The molecule has 4 heteroatoms. The van der Waals surface area contributed by atoms with E-state index in [0.29, 0.717) is 13.0 Å². The lowest BCUT2D eigenvalue weighted by atomic mass is 10.1. The molecular weight excluding hydrogens is 204 g/mol. The van der Waals surface area contributed by atoms with E-state index in [9.17, 15) is 4.79 Å². The molecule has 4 nitrogen and oxygen atoms in total. The second kappa shape index (κ2) is 6.12. The van der Waals surface area contributed by atoms with Crippen molar-refractivity contribution in [2.45, 2.75) is 19.4 Å². The lowest BCUT2D eigenvalue weighted by Crippen LogP contribution is -2.20. The highest BCUT2D eigenvalue weighted by Gasteiger charge is 2.07. The molecule has 1 aromatic rings. The number of para-hydroxylation sites is 1. The molecule has 1 rings (SSSR count). The second-order valence-electron chi connectivity index (χ2n) is 3.60. The Morgan fingerprint density at radius 2 is 2.19 bits per heavy atom. The Morgan fingerprint density at radius 1 is 1.50 bits per heavy atom. The molecule has 1 atom stereocenters. The van der Waals surface area contributed by atoms with Gasteiger partial charge in [-0.1, -0.05) is 18.2 Å². The molecule has 0 radical (unpaired) electrons. The molecule has 0 saturated heterocycles. The number of nitrogens with two attached hydrogens (primary N) is 1. The van der Waals surface area contributed by atoms with Crippen LogP contribution in [-0.2, 0) is 4.79 Å². The monoisotopic (exact) mass is 222 g/mol. The SMILES string of the molecule is CNC(=O)CCOc1ccccc1C(C)N. The largest absolute Gasteiger partial charge is 0.493 e. The van der Waals surface area contributed by atoms with Gasteiger partial charge in [-0.2, -0.15) is 0 Å². The molecule has 16 heavy (non-hydrogen) atoms. The van der Waals surface area contributed by atoms with Gasteiger partial charge in [0.25, 0.3) is 0 Å². The minimum absolute atomic E-state index is 0.0294. The molecule has 1 aromatic carbocycles. The molecule has 3 N–H and O–H groups in total. The van der Waals surface area contributed by atoms with Gasteiger partial charge in [0.1, 0.15) is 5.75 Å². The molecule has 0 fully saturated rings. The van der Waals surface area contributed by atoms with E-state index in [1.54, 1.807) is 7.05 Å². The van der Waals surface area contributed by atoms with Crippen molar-refractivity contribution in [1.82, 2.24) is 5.32 Å². The van der Waals surface area contributed by atoms with Gasteiger partial charge in [0.15, 0.2) is 0 Å². The third-order valence-corrected chi connectivity index (χ3v) is 2.28. The van der Waals surface area contributed by atoms with Crippen LogP contribution in [0.15, 0.2) is 24.3 Å². The molecule has 0 aliphatic rings. The van der Waals surface area contributed by atoms with Gasteiger partial charge >= 0.3 is 0 Å². The summed E-state index contributed by atoms with van der Waals surface area (Å²) in [5, 5.41) is 2.54. The van der Waals surface area contributed by atoms with Crippen LogP contribution in [0.4, 0.5) is 0 Å². The molecule has 1 amide bonds. The zero-order valence-electron chi connectivity index (χ0n) is 9.69. The maximum absolute atomic E-state index is 11.0. The number of rotatable bonds is 5. The van der Waals surface area contributed by atoms with E-state index in [1.807, 2.05) is 31.2 Å². The molecule has 0 heterocycles. The van der Waals surface area contributed by atoms with E-state index in [0.717, 1.165) is 11.3 Å². The minimum Gasteiger partial charge on any atom is -0.493 e. The Balaban J connectivity index is 2.56. The summed E-state index contributed by atoms with van der Waals surface area (Å²) in [5.41, 5.74) is 6.77. The molecule has 0 aliphatic heterocycles. The summed E-state index contributed by atoms with van der Waals surface area (Å²) in [6, 6.07) is 7.53. The Kier molecular flexibility index (Phi) is 4.79. The molecule has 88 valence electrons. The molecule has 0 saturated carbocycles. The highest BCUT2D eigenvalue weighted by molar-refractivity contribution is 5.75. The number of hydrogen-bond acceptors (Lipinski definition) is 3. The molecule has 0 aromatic heterocycles. The van der Waals surface area contributed by atoms with Crippen LogP contribution in [0.1, 0.15) is 24.9 Å². The van der Waals surface area contributed by atoms with Crippen LogP contribution >= 0.6 is 0 Å². The molecule has 0 bridgehead atoms. The van der Waals surface area contributed by atoms with Crippen LogP contribution in [0.2, 0.25) is 0 Å². The smallest absolute Gasteiger partial charge is 0.223 e. The molecule has 1 unspecified atom stereocenters. The summed E-state index contributed by atoms with van der Waals surface area (Å²) < 4.78 is 5.53. The number of amides is 1. The Hall–Kier alpha value is -1.55. The highest BCUT2D eigenvalue weighted by Crippen LogP contribution is 2.23. The van der Waals surface area contributed by atoms with Gasteiger partial charge < -0.3 is 15.8 Å². The van der Waals surface area contributed by atoms with Crippen molar-refractivity contribution in [3.05, 3.63) is 29.8 Å². The second-order valence-corrected chi connectivity index (χ2v) is 3.60. The van der Waals surface area contributed by atoms with E-state index in [-0.39, 0.29) is 11.9 Å². The van der Waals surface area contributed by atoms with Crippen molar-refractivity contribution in [1.29, 1.82) is 0 Å². The summed E-state index contributed by atoms with van der Waals surface area (Å²) in [4.78, 5) is 11.0. The van der Waals surface area contributed by atoms with Crippen LogP contribution in [0.25, 0.3) is 0 Å². The van der Waals surface area contributed by atoms with Gasteiger partial charge in [-0.25, -0.2) is 0 Å². The van der Waals surface area contributed by atoms with Gasteiger partial charge in [-0.15, -0.1) is 0 Å². The van der Waals surface area contributed by atoms with E-state index in [2.05, 4.69) is 5.32 Å². The fraction of sp³-hybridized carbons (Fsp3) is 0.417. The quantitative estimate of drug-likeness (QED) is 0.787. The molecule has 0 spiro atoms. The van der Waals surface area contributed by atoms with Gasteiger partial charge in [-0.3, -0.25) is 4.79 Å². The van der Waals surface area contributed by atoms with Crippen LogP contribution in [0.3, 0.4) is 0 Å². The number of carbonyl (C=O) groups is 1. The van der Waals surface area contributed by atoms with Crippen molar-refractivity contribution in [2.75, 3.05) is 13.7 Å². The maximum Gasteiger partial charge on any atom is 0.223 e. The topological polar surface area (TPSA) is 64.3 Å². The van der Waals surface area contributed by atoms with Crippen molar-refractivity contribution in [2.24, 2.45) is 5.73 Å². The zero-order chi connectivity index (χ0) is 12.0. The predicted molar refractivity (Wildman–Crippen MR) is 63.2 cm³/mol. The standard InChI is InChI=1S/C12H18N2O2/c1-9(13)10-5-3-4-6-11(10)16-8-7-12(15)14-2/h3-6,9H,7-8,13H2,1-2H3,(H,14,15). The van der Waals surface area contributed by atoms with E-state index in [4.69, 9.17) is 10.5 Å². The Morgan fingerprint density at radius 3 is 2.81 bits per heavy atom. The first-order valence-corrected chi connectivity index (χ1v) is 5.33. The minimum atomic E-state index is -0.0730. The first-order valence-electron chi connectivity index (χ1n) is 5.33. The summed E-state index contributed by atoms with van der Waals surface area (Å²) in [5.74, 6) is 0.722. The van der Waals surface area contributed by atoms with Gasteiger partial charge in [0.2, 0.25) is 5.91 Å². The third-order valence-electron chi connectivity index (χ3n) is 2.28. The van der Waals surface area contributed by atoms with Crippen LogP contribution in [0.5, 0.6) is 5.75 Å². The number of ether oxygens (including phenoxy) is 1. The lowest BCUT2D eigenvalue weighted by Gasteiger charge is -2.13. The summed E-state index contributed by atoms with van der Waals surface area (Å²) in [6.45, 7) is 2.27. The molecular formula is C12H18N2O2. The van der Waals surface area contributed by atoms with Crippen molar-refractivity contribution in [3.63, 3.8) is 0 Å². The van der Waals surface area contributed by atoms with Gasteiger partial charge in [-0.05, 0) is 13.0 Å². The normalized spacial score (nSPS) is 11.9. The number of hydrogen-bond donors (Lipinski definition) is 2. The van der Waals surface area contributed by atoms with Crippen LogP contribution < -0.4 is 15.8 Å². The average molecular weight is 222 g/mol. The van der Waals surface area contributed by atoms with Crippen molar-refractivity contribution in [3.8, 4) is 5.75 Å². The number of carbonyl (C=O) groups excluding carboxylic acids is 1. The summed E-state index contributed by atoms with van der Waals surface area (Å²) >= 11 is 0. The molecule has 0 aliphatic carbocycles. The fourth-order valence-electron chi connectivity index (χ4n) is 1.37. The zero-order valence-corrected chi connectivity index (χ0v) is 9.69. The average Bonchev–Trinajstić information content (AvgIpc) is 2.29. The summed E-state index contributed by atoms with van der Waals surface area (Å²) in [6.07, 6.45) is 0.351. The maximum atomic E-state index is 11.0. The predicted octanol–water partition coefficient (Wildman–Crippen LogP) is 1.22. The van der Waals surface area contributed by atoms with Crippen LogP contribution in [0, 0.1) is 0 Å². The van der Waals surface area contributed by atoms with Crippen LogP contribution in [-0.4, -0.2) is 19.6 Å². The van der Waals surface area contributed by atoms with Crippen molar-refractivity contribution >= 4 is 5.91 Å². The van der Waals surface area contributed by atoms with Gasteiger partial charge in [0, 0.05) is 18.7 Å². The third kappa shape index (κ3) is 3.55.